The predicted octanol–water partition coefficient (Wildman–Crippen LogP) is 5.84. The highest BCUT2D eigenvalue weighted by Gasteiger charge is 2.26. The van der Waals surface area contributed by atoms with Gasteiger partial charge in [-0.2, -0.15) is 0 Å². The molecule has 2 aromatic carbocycles. The van der Waals surface area contributed by atoms with E-state index >= 15 is 0 Å². The zero-order chi connectivity index (χ0) is 20.4. The second-order valence-corrected chi connectivity index (χ2v) is 10.0. The molecule has 4 heteroatoms. The third kappa shape index (κ3) is 5.20. The Morgan fingerprint density at radius 3 is 1.70 bits per heavy atom. The number of nitrogens with one attached hydrogen (secondary N) is 1. The number of hydrogen-bond donors (Lipinski definition) is 1. The van der Waals surface area contributed by atoms with Crippen LogP contribution >= 0.6 is 0 Å². The van der Waals surface area contributed by atoms with Gasteiger partial charge < -0.3 is 0 Å². The summed E-state index contributed by atoms with van der Waals surface area (Å²) < 4.78 is 29.4. The highest BCUT2D eigenvalue weighted by atomic mass is 32.2. The molecule has 0 fully saturated rings. The number of benzene rings is 2. The third-order valence-electron chi connectivity index (χ3n) is 4.94. The Kier molecular flexibility index (Phi) is 6.87. The standard InChI is InChI=1S/C23H33NO2S/c1-15(2)20-12-21(16(3)4)23(22(13-20)17(5)6)27(25,26)24-14-19-10-8-18(7)9-11-19/h8-13,15-17,24H,14H2,1-7H3. The number of rotatable bonds is 7. The van der Waals surface area contributed by atoms with E-state index in [2.05, 4.69) is 58.4 Å². The Morgan fingerprint density at radius 1 is 0.815 bits per heavy atom. The molecule has 2 aromatic rings. The monoisotopic (exact) mass is 387 g/mol. The van der Waals surface area contributed by atoms with Crippen molar-refractivity contribution >= 4 is 10.0 Å². The Balaban J connectivity index is 2.51. The van der Waals surface area contributed by atoms with Crippen LogP contribution in [0.5, 0.6) is 0 Å². The molecule has 0 unspecified atom stereocenters. The average molecular weight is 388 g/mol. The molecule has 0 amide bonds. The highest BCUT2D eigenvalue weighted by molar-refractivity contribution is 7.89. The molecule has 0 atom stereocenters. The van der Waals surface area contributed by atoms with Crippen LogP contribution in [0.2, 0.25) is 0 Å². The molecule has 0 spiro atoms. The summed E-state index contributed by atoms with van der Waals surface area (Å²) in [4.78, 5) is 0.462. The Bertz CT molecular complexity index is 850. The lowest BCUT2D eigenvalue weighted by atomic mass is 9.89. The minimum absolute atomic E-state index is 0.132. The van der Waals surface area contributed by atoms with Gasteiger partial charge in [-0.05, 0) is 46.9 Å². The summed E-state index contributed by atoms with van der Waals surface area (Å²) in [6, 6.07) is 12.1. The largest absolute Gasteiger partial charge is 0.241 e. The number of hydrogen-bond acceptors (Lipinski definition) is 2. The van der Waals surface area contributed by atoms with Gasteiger partial charge in [0.15, 0.2) is 0 Å². The Labute approximate surface area is 165 Å². The summed E-state index contributed by atoms with van der Waals surface area (Å²) in [7, 11) is -3.61. The molecule has 0 aromatic heterocycles. The van der Waals surface area contributed by atoms with Crippen LogP contribution in [0.15, 0.2) is 41.3 Å². The molecule has 2 rings (SSSR count). The molecule has 0 aliphatic heterocycles. The zero-order valence-corrected chi connectivity index (χ0v) is 18.4. The fourth-order valence-electron chi connectivity index (χ4n) is 3.16. The van der Waals surface area contributed by atoms with Crippen molar-refractivity contribution in [3.8, 4) is 0 Å². The SMILES string of the molecule is Cc1ccc(CNS(=O)(=O)c2c(C(C)C)cc(C(C)C)cc2C(C)C)cc1. The second-order valence-electron chi connectivity index (χ2n) is 8.30. The van der Waals surface area contributed by atoms with Crippen LogP contribution in [-0.4, -0.2) is 8.42 Å². The minimum Gasteiger partial charge on any atom is -0.207 e. The van der Waals surface area contributed by atoms with Gasteiger partial charge in [0.05, 0.1) is 4.90 Å². The maximum atomic E-state index is 13.3. The van der Waals surface area contributed by atoms with Crippen LogP contribution in [0.1, 0.15) is 87.1 Å². The van der Waals surface area contributed by atoms with Gasteiger partial charge in [-0.25, -0.2) is 13.1 Å². The topological polar surface area (TPSA) is 46.2 Å². The van der Waals surface area contributed by atoms with Crippen LogP contribution in [0.25, 0.3) is 0 Å². The van der Waals surface area contributed by atoms with Crippen LogP contribution in [0, 0.1) is 6.92 Å². The summed E-state index contributed by atoms with van der Waals surface area (Å²) in [6.07, 6.45) is 0. The highest BCUT2D eigenvalue weighted by Crippen LogP contribution is 2.35. The fraction of sp³-hybridized carbons (Fsp3) is 0.478. The second kappa shape index (κ2) is 8.57. The molecular formula is C23H33NO2S. The molecule has 0 saturated heterocycles. The molecule has 0 aliphatic rings. The molecule has 148 valence electrons. The van der Waals surface area contributed by atoms with Crippen molar-refractivity contribution in [2.75, 3.05) is 0 Å². The molecule has 0 saturated carbocycles. The fourth-order valence-corrected chi connectivity index (χ4v) is 4.87. The van der Waals surface area contributed by atoms with Crippen molar-refractivity contribution in [1.82, 2.24) is 4.72 Å². The maximum absolute atomic E-state index is 13.3. The molecule has 0 radical (unpaired) electrons. The normalized spacial score (nSPS) is 12.4. The van der Waals surface area contributed by atoms with Crippen LogP contribution in [0.4, 0.5) is 0 Å². The van der Waals surface area contributed by atoms with E-state index in [0.717, 1.165) is 22.3 Å². The van der Waals surface area contributed by atoms with Gasteiger partial charge in [0.2, 0.25) is 10.0 Å². The quantitative estimate of drug-likeness (QED) is 0.648. The van der Waals surface area contributed by atoms with Gasteiger partial charge >= 0.3 is 0 Å². The molecule has 0 bridgehead atoms. The van der Waals surface area contributed by atoms with Gasteiger partial charge in [0, 0.05) is 6.54 Å². The van der Waals surface area contributed by atoms with Crippen molar-refractivity contribution in [3.05, 3.63) is 64.2 Å². The summed E-state index contributed by atoms with van der Waals surface area (Å²) in [5.41, 5.74) is 5.12. The van der Waals surface area contributed by atoms with Gasteiger partial charge in [0.25, 0.3) is 0 Å². The van der Waals surface area contributed by atoms with Crippen molar-refractivity contribution in [1.29, 1.82) is 0 Å². The first-order chi connectivity index (χ1) is 12.5. The van der Waals surface area contributed by atoms with Gasteiger partial charge in [0.1, 0.15) is 0 Å². The minimum atomic E-state index is -3.61. The van der Waals surface area contributed by atoms with E-state index in [-0.39, 0.29) is 11.8 Å². The average Bonchev–Trinajstić information content (AvgIpc) is 2.59. The Hall–Kier alpha value is -1.65. The molecular weight excluding hydrogens is 354 g/mol. The van der Waals surface area contributed by atoms with Crippen LogP contribution in [0.3, 0.4) is 0 Å². The molecule has 0 aliphatic carbocycles. The first kappa shape index (κ1) is 21.6. The van der Waals surface area contributed by atoms with Gasteiger partial charge in [-0.3, -0.25) is 0 Å². The lowest BCUT2D eigenvalue weighted by molar-refractivity contribution is 0.575. The molecule has 3 nitrogen and oxygen atoms in total. The first-order valence-electron chi connectivity index (χ1n) is 9.75. The van der Waals surface area contributed by atoms with Crippen molar-refractivity contribution < 1.29 is 8.42 Å². The van der Waals surface area contributed by atoms with E-state index < -0.39 is 10.0 Å². The summed E-state index contributed by atoms with van der Waals surface area (Å²) in [6.45, 7) is 14.8. The van der Waals surface area contributed by atoms with Crippen molar-refractivity contribution in [2.24, 2.45) is 0 Å². The molecule has 27 heavy (non-hydrogen) atoms. The smallest absolute Gasteiger partial charge is 0.207 e. The Morgan fingerprint density at radius 2 is 1.30 bits per heavy atom. The summed E-state index contributed by atoms with van der Waals surface area (Å²) >= 11 is 0. The van der Waals surface area contributed by atoms with E-state index in [1.807, 2.05) is 31.2 Å². The van der Waals surface area contributed by atoms with Crippen LogP contribution in [-0.2, 0) is 16.6 Å². The van der Waals surface area contributed by atoms with E-state index in [9.17, 15) is 8.42 Å². The summed E-state index contributed by atoms with van der Waals surface area (Å²) in [5, 5.41) is 0. The van der Waals surface area contributed by atoms with E-state index in [0.29, 0.717) is 17.4 Å². The van der Waals surface area contributed by atoms with E-state index in [1.54, 1.807) is 0 Å². The third-order valence-corrected chi connectivity index (χ3v) is 6.47. The first-order valence-corrected chi connectivity index (χ1v) is 11.2. The molecule has 0 heterocycles. The lowest BCUT2D eigenvalue weighted by Gasteiger charge is -2.23. The van der Waals surface area contributed by atoms with Gasteiger partial charge in [-0.15, -0.1) is 0 Å². The summed E-state index contributed by atoms with van der Waals surface area (Å²) in [5.74, 6) is 0.622. The predicted molar refractivity (Wildman–Crippen MR) is 114 cm³/mol. The number of sulfonamides is 1. The van der Waals surface area contributed by atoms with Crippen molar-refractivity contribution in [3.63, 3.8) is 0 Å². The van der Waals surface area contributed by atoms with Gasteiger partial charge in [-0.1, -0.05) is 83.5 Å². The zero-order valence-electron chi connectivity index (χ0n) is 17.6. The van der Waals surface area contributed by atoms with E-state index in [4.69, 9.17) is 0 Å². The lowest BCUT2D eigenvalue weighted by Crippen LogP contribution is -2.26. The molecule has 1 N–H and O–H groups in total. The number of aryl methyl sites for hydroxylation is 1. The van der Waals surface area contributed by atoms with Crippen LogP contribution < -0.4 is 4.72 Å². The van der Waals surface area contributed by atoms with Crippen molar-refractivity contribution in [2.45, 2.75) is 77.7 Å². The maximum Gasteiger partial charge on any atom is 0.241 e. The van der Waals surface area contributed by atoms with E-state index in [1.165, 1.54) is 5.56 Å².